The molecule has 0 saturated carbocycles. The van der Waals surface area contributed by atoms with Crippen molar-refractivity contribution in [1.29, 1.82) is 0 Å². The second-order valence-corrected chi connectivity index (χ2v) is 8.55. The fourth-order valence-electron chi connectivity index (χ4n) is 3.56. The first-order valence-corrected chi connectivity index (χ1v) is 9.38. The maximum absolute atomic E-state index is 12.5. The Hall–Kier alpha value is -2.24. The molecule has 1 aliphatic rings. The quantitative estimate of drug-likeness (QED) is 0.845. The SMILES string of the molecule is Cn1ccnc1-c1cc(C[C@H]2CCCN(C(=O)CC(C)(C)C)C2)ncn1. The Bertz CT molecular complexity index is 762. The number of hydrogen-bond acceptors (Lipinski definition) is 4. The Kier molecular flexibility index (Phi) is 5.39. The van der Waals surface area contributed by atoms with E-state index in [9.17, 15) is 4.79 Å². The molecule has 6 heteroatoms. The predicted octanol–water partition coefficient (Wildman–Crippen LogP) is 3.09. The molecule has 140 valence electrons. The molecular formula is C20H29N5O. The van der Waals surface area contributed by atoms with E-state index in [1.807, 2.05) is 28.8 Å². The predicted molar refractivity (Wildman–Crippen MR) is 101 cm³/mol. The summed E-state index contributed by atoms with van der Waals surface area (Å²) >= 11 is 0. The molecule has 26 heavy (non-hydrogen) atoms. The molecule has 1 amide bonds. The zero-order valence-electron chi connectivity index (χ0n) is 16.3. The Morgan fingerprint density at radius 2 is 2.08 bits per heavy atom. The van der Waals surface area contributed by atoms with Crippen molar-refractivity contribution < 1.29 is 4.79 Å². The Balaban J connectivity index is 1.66. The first kappa shape index (κ1) is 18.5. The van der Waals surface area contributed by atoms with E-state index in [4.69, 9.17) is 0 Å². The van der Waals surface area contributed by atoms with E-state index < -0.39 is 0 Å². The second-order valence-electron chi connectivity index (χ2n) is 8.55. The summed E-state index contributed by atoms with van der Waals surface area (Å²) in [5.74, 6) is 1.58. The summed E-state index contributed by atoms with van der Waals surface area (Å²) in [4.78, 5) is 27.8. The number of nitrogens with zero attached hydrogens (tertiary/aromatic N) is 5. The molecule has 1 atom stereocenters. The number of piperidine rings is 1. The molecule has 3 heterocycles. The van der Waals surface area contributed by atoms with Gasteiger partial charge in [-0.05, 0) is 36.7 Å². The van der Waals surface area contributed by atoms with Gasteiger partial charge in [0.1, 0.15) is 12.0 Å². The molecule has 1 saturated heterocycles. The third-order valence-electron chi connectivity index (χ3n) is 4.83. The highest BCUT2D eigenvalue weighted by atomic mass is 16.2. The third kappa shape index (κ3) is 4.68. The standard InChI is InChI=1S/C20H29N5O/c1-20(2,3)12-18(26)25-8-5-6-15(13-25)10-16-11-17(23-14-22-16)19-21-7-9-24(19)4/h7,9,11,14-15H,5-6,8,10,12-13H2,1-4H3/t15-/m1/s1. The summed E-state index contributed by atoms with van der Waals surface area (Å²) in [5.41, 5.74) is 1.90. The van der Waals surface area contributed by atoms with Crippen LogP contribution in [0.5, 0.6) is 0 Å². The topological polar surface area (TPSA) is 63.9 Å². The fourth-order valence-corrected chi connectivity index (χ4v) is 3.56. The second kappa shape index (κ2) is 7.56. The summed E-state index contributed by atoms with van der Waals surface area (Å²) in [6, 6.07) is 2.03. The molecule has 2 aromatic rings. The smallest absolute Gasteiger partial charge is 0.223 e. The highest BCUT2D eigenvalue weighted by Gasteiger charge is 2.27. The maximum atomic E-state index is 12.5. The highest BCUT2D eigenvalue weighted by molar-refractivity contribution is 5.76. The van der Waals surface area contributed by atoms with Crippen LogP contribution in [0.3, 0.4) is 0 Å². The van der Waals surface area contributed by atoms with Crippen molar-refractivity contribution in [3.05, 3.63) is 30.5 Å². The number of imidazole rings is 1. The first-order valence-electron chi connectivity index (χ1n) is 9.38. The highest BCUT2D eigenvalue weighted by Crippen LogP contribution is 2.25. The lowest BCUT2D eigenvalue weighted by Gasteiger charge is -2.34. The molecule has 2 aromatic heterocycles. The van der Waals surface area contributed by atoms with Gasteiger partial charge in [-0.1, -0.05) is 20.8 Å². The van der Waals surface area contributed by atoms with Gasteiger partial charge < -0.3 is 9.47 Å². The molecule has 0 unspecified atom stereocenters. The molecule has 1 fully saturated rings. The van der Waals surface area contributed by atoms with E-state index in [1.165, 1.54) is 0 Å². The van der Waals surface area contributed by atoms with Crippen LogP contribution in [0.1, 0.15) is 45.7 Å². The van der Waals surface area contributed by atoms with Crippen LogP contribution in [-0.2, 0) is 18.3 Å². The van der Waals surface area contributed by atoms with Crippen LogP contribution in [0.2, 0.25) is 0 Å². The van der Waals surface area contributed by atoms with Gasteiger partial charge in [-0.3, -0.25) is 4.79 Å². The third-order valence-corrected chi connectivity index (χ3v) is 4.83. The van der Waals surface area contributed by atoms with Gasteiger partial charge in [0.15, 0.2) is 5.82 Å². The van der Waals surface area contributed by atoms with Gasteiger partial charge in [-0.2, -0.15) is 0 Å². The average Bonchev–Trinajstić information content (AvgIpc) is 3.00. The number of likely N-dealkylation sites (tertiary alicyclic amines) is 1. The molecular weight excluding hydrogens is 326 g/mol. The van der Waals surface area contributed by atoms with E-state index >= 15 is 0 Å². The number of carbonyl (C=O) groups is 1. The maximum Gasteiger partial charge on any atom is 0.223 e. The van der Waals surface area contributed by atoms with E-state index in [-0.39, 0.29) is 11.3 Å². The molecule has 0 aromatic carbocycles. The van der Waals surface area contributed by atoms with E-state index in [1.54, 1.807) is 12.5 Å². The summed E-state index contributed by atoms with van der Waals surface area (Å²) in [6.07, 6.45) is 8.99. The van der Waals surface area contributed by atoms with Gasteiger partial charge in [0.05, 0.1) is 0 Å². The molecule has 0 N–H and O–H groups in total. The van der Waals surface area contributed by atoms with E-state index in [0.717, 1.165) is 49.6 Å². The zero-order valence-corrected chi connectivity index (χ0v) is 16.3. The molecule has 6 nitrogen and oxygen atoms in total. The lowest BCUT2D eigenvalue weighted by molar-refractivity contribution is -0.134. The number of hydrogen-bond donors (Lipinski definition) is 0. The first-order chi connectivity index (χ1) is 12.3. The van der Waals surface area contributed by atoms with Crippen molar-refractivity contribution in [3.63, 3.8) is 0 Å². The van der Waals surface area contributed by atoms with Crippen LogP contribution < -0.4 is 0 Å². The van der Waals surface area contributed by atoms with Crippen molar-refractivity contribution in [2.45, 2.75) is 46.5 Å². The van der Waals surface area contributed by atoms with E-state index in [2.05, 4.69) is 35.7 Å². The van der Waals surface area contributed by atoms with Crippen LogP contribution in [0.4, 0.5) is 0 Å². The van der Waals surface area contributed by atoms with Crippen molar-refractivity contribution in [2.75, 3.05) is 13.1 Å². The summed E-state index contributed by atoms with van der Waals surface area (Å²) in [7, 11) is 1.96. The summed E-state index contributed by atoms with van der Waals surface area (Å²) in [6.45, 7) is 8.06. The van der Waals surface area contributed by atoms with Crippen LogP contribution in [0, 0.1) is 11.3 Å². The van der Waals surface area contributed by atoms with Crippen LogP contribution >= 0.6 is 0 Å². The number of aryl methyl sites for hydroxylation is 1. The fraction of sp³-hybridized carbons (Fsp3) is 0.600. The minimum absolute atomic E-state index is 0.0354. The van der Waals surface area contributed by atoms with Crippen molar-refractivity contribution in [2.24, 2.45) is 18.4 Å². The van der Waals surface area contributed by atoms with E-state index in [0.29, 0.717) is 12.3 Å². The Morgan fingerprint density at radius 1 is 1.27 bits per heavy atom. The largest absolute Gasteiger partial charge is 0.342 e. The number of aromatic nitrogens is 4. The Morgan fingerprint density at radius 3 is 2.77 bits per heavy atom. The lowest BCUT2D eigenvalue weighted by Crippen LogP contribution is -2.41. The molecule has 0 spiro atoms. The monoisotopic (exact) mass is 355 g/mol. The van der Waals surface area contributed by atoms with Crippen LogP contribution in [-0.4, -0.2) is 43.4 Å². The molecule has 0 aliphatic carbocycles. The van der Waals surface area contributed by atoms with Gasteiger partial charge >= 0.3 is 0 Å². The summed E-state index contributed by atoms with van der Waals surface area (Å²) in [5, 5.41) is 0. The van der Waals surface area contributed by atoms with Gasteiger partial charge in [-0.25, -0.2) is 15.0 Å². The van der Waals surface area contributed by atoms with Gasteiger partial charge in [-0.15, -0.1) is 0 Å². The summed E-state index contributed by atoms with van der Waals surface area (Å²) < 4.78 is 1.96. The van der Waals surface area contributed by atoms with Crippen molar-refractivity contribution in [1.82, 2.24) is 24.4 Å². The van der Waals surface area contributed by atoms with Crippen LogP contribution in [0.15, 0.2) is 24.8 Å². The number of carbonyl (C=O) groups excluding carboxylic acids is 1. The number of amides is 1. The Labute approximate surface area is 155 Å². The average molecular weight is 355 g/mol. The minimum Gasteiger partial charge on any atom is -0.342 e. The molecule has 1 aliphatic heterocycles. The molecule has 3 rings (SSSR count). The number of rotatable bonds is 4. The molecule has 0 radical (unpaired) electrons. The van der Waals surface area contributed by atoms with Gasteiger partial charge in [0, 0.05) is 44.6 Å². The minimum atomic E-state index is 0.0354. The van der Waals surface area contributed by atoms with Crippen LogP contribution in [0.25, 0.3) is 11.5 Å². The van der Waals surface area contributed by atoms with Crippen molar-refractivity contribution >= 4 is 5.91 Å². The van der Waals surface area contributed by atoms with Crippen molar-refractivity contribution in [3.8, 4) is 11.5 Å². The normalized spacial score (nSPS) is 18.2. The lowest BCUT2D eigenvalue weighted by atomic mass is 9.89. The van der Waals surface area contributed by atoms with Gasteiger partial charge in [0.25, 0.3) is 0 Å². The van der Waals surface area contributed by atoms with Gasteiger partial charge in [0.2, 0.25) is 5.91 Å². The molecule has 0 bridgehead atoms. The zero-order chi connectivity index (χ0) is 18.7.